The summed E-state index contributed by atoms with van der Waals surface area (Å²) < 4.78 is 0. The van der Waals surface area contributed by atoms with E-state index in [1.807, 2.05) is 6.92 Å². The van der Waals surface area contributed by atoms with Crippen LogP contribution in [-0.4, -0.2) is 12.6 Å². The topological polar surface area (TPSA) is 34.1 Å². The highest BCUT2D eigenvalue weighted by Crippen LogP contribution is 1.87. The Bertz CT molecular complexity index is 69.7. The van der Waals surface area contributed by atoms with Gasteiger partial charge in [-0.3, -0.25) is 0 Å². The molecule has 0 N–H and O–H groups in total. The molecule has 0 aliphatic heterocycles. The Balaban J connectivity index is 0. The van der Waals surface area contributed by atoms with Gasteiger partial charge in [0.25, 0.3) is 0 Å². The third kappa shape index (κ3) is 26.4. The van der Waals surface area contributed by atoms with Crippen LogP contribution in [0.2, 0.25) is 0 Å². The standard InChI is InChI=1S/C5H10O.C3H6O/c1-2-3-4-5-6;1-2-3-4/h5H,2-4H2,1H3;3H,2H2,1H3. The van der Waals surface area contributed by atoms with E-state index < -0.39 is 0 Å². The summed E-state index contributed by atoms with van der Waals surface area (Å²) in [5, 5.41) is 0. The molecule has 0 amide bonds. The molecule has 60 valence electrons. The third-order valence-corrected chi connectivity index (χ3v) is 0.842. The van der Waals surface area contributed by atoms with Gasteiger partial charge in [-0.25, -0.2) is 0 Å². The van der Waals surface area contributed by atoms with E-state index in [0.29, 0.717) is 6.42 Å². The monoisotopic (exact) mass is 144 g/mol. The van der Waals surface area contributed by atoms with Crippen LogP contribution in [0, 0.1) is 0 Å². The van der Waals surface area contributed by atoms with Crippen LogP contribution in [-0.2, 0) is 9.59 Å². The lowest BCUT2D eigenvalue weighted by Crippen LogP contribution is -1.70. The highest BCUT2D eigenvalue weighted by Gasteiger charge is 1.74. The second-order valence-electron chi connectivity index (χ2n) is 1.88. The van der Waals surface area contributed by atoms with Crippen LogP contribution in [0.5, 0.6) is 0 Å². The normalized spacial score (nSPS) is 7.40. The summed E-state index contributed by atoms with van der Waals surface area (Å²) in [6, 6.07) is 0. The van der Waals surface area contributed by atoms with E-state index in [4.69, 9.17) is 0 Å². The molecule has 0 saturated heterocycles. The van der Waals surface area contributed by atoms with Crippen LogP contribution in [0.1, 0.15) is 39.5 Å². The maximum absolute atomic E-state index is 9.56. The van der Waals surface area contributed by atoms with Crippen LogP contribution < -0.4 is 0 Å². The molecule has 2 nitrogen and oxygen atoms in total. The maximum atomic E-state index is 9.56. The van der Waals surface area contributed by atoms with E-state index in [2.05, 4.69) is 6.92 Å². The largest absolute Gasteiger partial charge is 0.303 e. The first kappa shape index (κ1) is 12.1. The number of carbonyl (C=O) groups excluding carboxylic acids is 2. The molecule has 10 heavy (non-hydrogen) atoms. The van der Waals surface area contributed by atoms with Crippen molar-refractivity contribution in [1.82, 2.24) is 0 Å². The highest BCUT2D eigenvalue weighted by molar-refractivity contribution is 5.48. The Hall–Kier alpha value is -0.660. The van der Waals surface area contributed by atoms with Gasteiger partial charge in [0, 0.05) is 12.8 Å². The summed E-state index contributed by atoms with van der Waals surface area (Å²) in [7, 11) is 0. The molecule has 0 spiro atoms. The predicted molar refractivity (Wildman–Crippen MR) is 41.9 cm³/mol. The Morgan fingerprint density at radius 1 is 1.10 bits per heavy atom. The molecular formula is C8H16O2. The van der Waals surface area contributed by atoms with Gasteiger partial charge in [-0.1, -0.05) is 20.3 Å². The zero-order chi connectivity index (χ0) is 8.24. The lowest BCUT2D eigenvalue weighted by molar-refractivity contribution is -0.108. The Morgan fingerprint density at radius 2 is 1.60 bits per heavy atom. The molecule has 0 aromatic rings. The summed E-state index contributed by atoms with van der Waals surface area (Å²) in [5.41, 5.74) is 0. The second kappa shape index (κ2) is 15.8. The van der Waals surface area contributed by atoms with Gasteiger partial charge < -0.3 is 9.59 Å². The van der Waals surface area contributed by atoms with Gasteiger partial charge in [0.15, 0.2) is 0 Å². The van der Waals surface area contributed by atoms with Crippen molar-refractivity contribution in [2.45, 2.75) is 39.5 Å². The fraction of sp³-hybridized carbons (Fsp3) is 0.750. The zero-order valence-corrected chi connectivity index (χ0v) is 6.80. The molecule has 0 bridgehead atoms. The van der Waals surface area contributed by atoms with Crippen molar-refractivity contribution in [2.75, 3.05) is 0 Å². The Labute approximate surface area is 62.6 Å². The summed E-state index contributed by atoms with van der Waals surface area (Å²) in [5.74, 6) is 0. The number of hydrogen-bond donors (Lipinski definition) is 0. The van der Waals surface area contributed by atoms with Gasteiger partial charge >= 0.3 is 0 Å². The SMILES string of the molecule is CCC=O.CCCCC=O. The molecular weight excluding hydrogens is 128 g/mol. The van der Waals surface area contributed by atoms with Gasteiger partial charge in [0.1, 0.15) is 12.6 Å². The van der Waals surface area contributed by atoms with E-state index in [9.17, 15) is 9.59 Å². The fourth-order valence-electron chi connectivity index (χ4n) is 0.287. The average Bonchev–Trinajstić information content (AvgIpc) is 2.01. The first-order valence-electron chi connectivity index (χ1n) is 3.70. The molecule has 0 atom stereocenters. The van der Waals surface area contributed by atoms with Gasteiger partial charge in [-0.15, -0.1) is 0 Å². The first-order valence-corrected chi connectivity index (χ1v) is 3.70. The lowest BCUT2D eigenvalue weighted by atomic mass is 10.3. The summed E-state index contributed by atoms with van der Waals surface area (Å²) in [6.45, 7) is 3.89. The molecule has 0 saturated carbocycles. The molecule has 0 aromatic carbocycles. The molecule has 0 radical (unpaired) electrons. The fourth-order valence-corrected chi connectivity index (χ4v) is 0.287. The maximum Gasteiger partial charge on any atom is 0.119 e. The van der Waals surface area contributed by atoms with Crippen LogP contribution in [0.4, 0.5) is 0 Å². The molecule has 0 unspecified atom stereocenters. The number of carbonyl (C=O) groups is 2. The Morgan fingerprint density at radius 3 is 1.70 bits per heavy atom. The minimum Gasteiger partial charge on any atom is -0.303 e. The summed E-state index contributed by atoms with van der Waals surface area (Å²) in [6.07, 6.45) is 5.38. The number of unbranched alkanes of at least 4 members (excludes halogenated alkanes) is 2. The summed E-state index contributed by atoms with van der Waals surface area (Å²) in [4.78, 5) is 18.7. The van der Waals surface area contributed by atoms with Crippen molar-refractivity contribution in [1.29, 1.82) is 0 Å². The van der Waals surface area contributed by atoms with E-state index >= 15 is 0 Å². The first-order chi connectivity index (χ1) is 4.83. The minimum atomic E-state index is 0.639. The third-order valence-electron chi connectivity index (χ3n) is 0.842. The molecule has 0 aliphatic rings. The van der Waals surface area contributed by atoms with Crippen molar-refractivity contribution >= 4 is 12.6 Å². The Kier molecular flexibility index (Phi) is 19.0. The molecule has 2 heteroatoms. The quantitative estimate of drug-likeness (QED) is 0.446. The second-order valence-corrected chi connectivity index (χ2v) is 1.88. The van der Waals surface area contributed by atoms with Crippen molar-refractivity contribution in [3.05, 3.63) is 0 Å². The smallest absolute Gasteiger partial charge is 0.119 e. The average molecular weight is 144 g/mol. The van der Waals surface area contributed by atoms with Gasteiger partial charge in [-0.2, -0.15) is 0 Å². The van der Waals surface area contributed by atoms with E-state index in [-0.39, 0.29) is 0 Å². The molecule has 0 aromatic heterocycles. The van der Waals surface area contributed by atoms with E-state index in [1.165, 1.54) is 0 Å². The van der Waals surface area contributed by atoms with Crippen LogP contribution in [0.15, 0.2) is 0 Å². The van der Waals surface area contributed by atoms with Crippen LogP contribution in [0.3, 0.4) is 0 Å². The summed E-state index contributed by atoms with van der Waals surface area (Å²) >= 11 is 0. The minimum absolute atomic E-state index is 0.639. The van der Waals surface area contributed by atoms with Gasteiger partial charge in [0.05, 0.1) is 0 Å². The van der Waals surface area contributed by atoms with Crippen molar-refractivity contribution in [3.63, 3.8) is 0 Å². The highest BCUT2D eigenvalue weighted by atomic mass is 16.1. The van der Waals surface area contributed by atoms with Crippen molar-refractivity contribution < 1.29 is 9.59 Å². The lowest BCUT2D eigenvalue weighted by Gasteiger charge is -1.79. The predicted octanol–water partition coefficient (Wildman–Crippen LogP) is 1.97. The zero-order valence-electron chi connectivity index (χ0n) is 6.80. The van der Waals surface area contributed by atoms with E-state index in [1.54, 1.807) is 0 Å². The van der Waals surface area contributed by atoms with Crippen molar-refractivity contribution in [3.8, 4) is 0 Å². The number of aldehydes is 2. The van der Waals surface area contributed by atoms with Crippen LogP contribution in [0.25, 0.3) is 0 Å². The van der Waals surface area contributed by atoms with Gasteiger partial charge in [0.2, 0.25) is 0 Å². The van der Waals surface area contributed by atoms with E-state index in [0.717, 1.165) is 31.8 Å². The van der Waals surface area contributed by atoms with Crippen LogP contribution >= 0.6 is 0 Å². The number of rotatable bonds is 4. The molecule has 0 aliphatic carbocycles. The van der Waals surface area contributed by atoms with Crippen molar-refractivity contribution in [2.24, 2.45) is 0 Å². The number of hydrogen-bond acceptors (Lipinski definition) is 2. The molecule has 0 heterocycles. The molecule has 0 fully saturated rings. The molecule has 0 rings (SSSR count). The van der Waals surface area contributed by atoms with Gasteiger partial charge in [-0.05, 0) is 6.42 Å².